The van der Waals surface area contributed by atoms with E-state index < -0.39 is 10.0 Å². The lowest BCUT2D eigenvalue weighted by atomic mass is 10.1. The van der Waals surface area contributed by atoms with E-state index in [4.69, 9.17) is 0 Å². The van der Waals surface area contributed by atoms with Crippen molar-refractivity contribution in [3.8, 4) is 0 Å². The number of nitrogens with zero attached hydrogens (tertiary/aromatic N) is 1. The molecule has 0 fully saturated rings. The average molecular weight is 418 g/mol. The van der Waals surface area contributed by atoms with Gasteiger partial charge in [-0.2, -0.15) is 0 Å². The Balaban J connectivity index is 1.36. The second-order valence-electron chi connectivity index (χ2n) is 7.00. The van der Waals surface area contributed by atoms with Crippen LogP contribution >= 0.6 is 0 Å². The predicted molar refractivity (Wildman–Crippen MR) is 110 cm³/mol. The highest BCUT2D eigenvalue weighted by Gasteiger charge is 2.29. The molecule has 154 valence electrons. The molecule has 0 bridgehead atoms. The standard InChI is InChI=1S/C21H24FN3O3S/c1-15-13-16(10-11-18(15)22)14-24-20(26)9-3-2-6-12-23-21-17-7-4-5-8-19(17)29(27,28)25-21/h4-5,7-8,10-11,13H,2-3,6,9,12,14H2,1H3,(H,23,25)(H,24,26). The van der Waals surface area contributed by atoms with Crippen molar-refractivity contribution in [3.05, 3.63) is 65.0 Å². The zero-order valence-electron chi connectivity index (χ0n) is 16.2. The average Bonchev–Trinajstić information content (AvgIpc) is 2.96. The SMILES string of the molecule is Cc1cc(CNC(=O)CCCCCN=C2NS(=O)(=O)c3ccccc32)ccc1F. The number of carbonyl (C=O) groups is 1. The molecule has 0 saturated carbocycles. The third kappa shape index (κ3) is 5.41. The van der Waals surface area contributed by atoms with Crippen molar-refractivity contribution >= 4 is 21.8 Å². The molecule has 2 aromatic carbocycles. The first-order valence-electron chi connectivity index (χ1n) is 9.55. The van der Waals surface area contributed by atoms with E-state index in [9.17, 15) is 17.6 Å². The molecule has 2 N–H and O–H groups in total. The van der Waals surface area contributed by atoms with Crippen LogP contribution in [0.25, 0.3) is 0 Å². The summed E-state index contributed by atoms with van der Waals surface area (Å²) in [6.45, 7) is 2.56. The van der Waals surface area contributed by atoms with Gasteiger partial charge in [-0.05, 0) is 49.1 Å². The van der Waals surface area contributed by atoms with E-state index in [0.29, 0.717) is 36.5 Å². The van der Waals surface area contributed by atoms with Crippen LogP contribution in [0.2, 0.25) is 0 Å². The number of aliphatic imine (C=N–C) groups is 1. The minimum atomic E-state index is -3.50. The predicted octanol–water partition coefficient (Wildman–Crippen LogP) is 3.05. The second kappa shape index (κ2) is 9.17. The number of nitrogens with one attached hydrogen (secondary N) is 2. The van der Waals surface area contributed by atoms with Crippen LogP contribution in [0, 0.1) is 12.7 Å². The van der Waals surface area contributed by atoms with Crippen LogP contribution in [-0.2, 0) is 21.4 Å². The van der Waals surface area contributed by atoms with Gasteiger partial charge in [-0.1, -0.05) is 30.7 Å². The topological polar surface area (TPSA) is 87.6 Å². The van der Waals surface area contributed by atoms with E-state index in [1.807, 2.05) is 0 Å². The normalized spacial score (nSPS) is 15.7. The molecule has 29 heavy (non-hydrogen) atoms. The largest absolute Gasteiger partial charge is 0.352 e. The molecule has 0 aliphatic carbocycles. The van der Waals surface area contributed by atoms with Gasteiger partial charge in [0.15, 0.2) is 0 Å². The number of hydrogen-bond acceptors (Lipinski definition) is 4. The second-order valence-corrected chi connectivity index (χ2v) is 8.65. The molecule has 0 spiro atoms. The van der Waals surface area contributed by atoms with Crippen LogP contribution in [0.4, 0.5) is 4.39 Å². The summed E-state index contributed by atoms with van der Waals surface area (Å²) in [5.41, 5.74) is 2.03. The molecule has 0 radical (unpaired) electrons. The van der Waals surface area contributed by atoms with Gasteiger partial charge in [-0.15, -0.1) is 0 Å². The van der Waals surface area contributed by atoms with Gasteiger partial charge >= 0.3 is 0 Å². The van der Waals surface area contributed by atoms with Crippen molar-refractivity contribution in [2.24, 2.45) is 4.99 Å². The fourth-order valence-corrected chi connectivity index (χ4v) is 4.37. The van der Waals surface area contributed by atoms with Crippen molar-refractivity contribution in [1.29, 1.82) is 0 Å². The van der Waals surface area contributed by atoms with Gasteiger partial charge < -0.3 is 5.32 Å². The molecule has 1 aliphatic rings. The molecule has 3 rings (SSSR count). The van der Waals surface area contributed by atoms with E-state index in [1.165, 1.54) is 6.07 Å². The Hall–Kier alpha value is -2.74. The highest BCUT2D eigenvalue weighted by molar-refractivity contribution is 7.90. The number of amides is 1. The summed E-state index contributed by atoms with van der Waals surface area (Å²) >= 11 is 0. The Morgan fingerprint density at radius 1 is 1.14 bits per heavy atom. The van der Waals surface area contributed by atoms with Gasteiger partial charge in [0.1, 0.15) is 11.7 Å². The number of sulfonamides is 1. The van der Waals surface area contributed by atoms with Gasteiger partial charge in [0.2, 0.25) is 5.91 Å². The third-order valence-electron chi connectivity index (χ3n) is 4.71. The van der Waals surface area contributed by atoms with Gasteiger partial charge in [-0.25, -0.2) is 12.8 Å². The van der Waals surface area contributed by atoms with Crippen molar-refractivity contribution in [2.45, 2.75) is 44.0 Å². The summed E-state index contributed by atoms with van der Waals surface area (Å²) in [5, 5.41) is 2.84. The van der Waals surface area contributed by atoms with E-state index >= 15 is 0 Å². The number of carbonyl (C=O) groups excluding carboxylic acids is 1. The number of aryl methyl sites for hydroxylation is 1. The fraction of sp³-hybridized carbons (Fsp3) is 0.333. The number of halogens is 1. The van der Waals surface area contributed by atoms with E-state index in [0.717, 1.165) is 24.8 Å². The third-order valence-corrected chi connectivity index (χ3v) is 6.10. The quantitative estimate of drug-likeness (QED) is 0.647. The summed E-state index contributed by atoms with van der Waals surface area (Å²) in [6, 6.07) is 11.6. The Bertz CT molecular complexity index is 1040. The monoisotopic (exact) mass is 417 g/mol. The number of unbranched alkanes of at least 4 members (excludes halogenated alkanes) is 2. The van der Waals surface area contributed by atoms with Crippen LogP contribution in [0.15, 0.2) is 52.4 Å². The van der Waals surface area contributed by atoms with Crippen LogP contribution in [0.1, 0.15) is 42.4 Å². The van der Waals surface area contributed by atoms with Crippen molar-refractivity contribution < 1.29 is 17.6 Å². The Morgan fingerprint density at radius 2 is 1.93 bits per heavy atom. The van der Waals surface area contributed by atoms with Gasteiger partial charge in [0.05, 0.1) is 4.90 Å². The van der Waals surface area contributed by atoms with E-state index in [-0.39, 0.29) is 16.6 Å². The highest BCUT2D eigenvalue weighted by Crippen LogP contribution is 2.22. The van der Waals surface area contributed by atoms with E-state index in [1.54, 1.807) is 43.3 Å². The van der Waals surface area contributed by atoms with Gasteiger partial charge in [-0.3, -0.25) is 14.5 Å². The lowest BCUT2D eigenvalue weighted by Gasteiger charge is -2.06. The summed E-state index contributed by atoms with van der Waals surface area (Å²) in [7, 11) is -3.50. The van der Waals surface area contributed by atoms with Gasteiger partial charge in [0, 0.05) is 25.1 Å². The zero-order chi connectivity index (χ0) is 20.9. The lowest BCUT2D eigenvalue weighted by molar-refractivity contribution is -0.121. The maximum Gasteiger partial charge on any atom is 0.263 e. The highest BCUT2D eigenvalue weighted by atomic mass is 32.2. The zero-order valence-corrected chi connectivity index (χ0v) is 17.1. The summed E-state index contributed by atoms with van der Waals surface area (Å²) in [4.78, 5) is 16.5. The number of fused-ring (bicyclic) bond motifs is 1. The van der Waals surface area contributed by atoms with Crippen LogP contribution < -0.4 is 10.0 Å². The molecule has 8 heteroatoms. The molecule has 0 atom stereocenters. The number of benzene rings is 2. The first-order valence-corrected chi connectivity index (χ1v) is 11.0. The molecule has 1 heterocycles. The van der Waals surface area contributed by atoms with Crippen LogP contribution in [0.5, 0.6) is 0 Å². The number of hydrogen-bond donors (Lipinski definition) is 2. The minimum absolute atomic E-state index is 0.0456. The molecule has 0 unspecified atom stereocenters. The first-order chi connectivity index (χ1) is 13.9. The number of amidine groups is 1. The Kier molecular flexibility index (Phi) is 6.64. The summed E-state index contributed by atoms with van der Waals surface area (Å²) in [5.74, 6) is 0.0845. The molecule has 1 aliphatic heterocycles. The lowest BCUT2D eigenvalue weighted by Crippen LogP contribution is -2.22. The molecular formula is C21H24FN3O3S. The molecule has 6 nitrogen and oxygen atoms in total. The number of rotatable bonds is 8. The summed E-state index contributed by atoms with van der Waals surface area (Å²) in [6.07, 6.45) is 2.71. The summed E-state index contributed by atoms with van der Waals surface area (Å²) < 4.78 is 39.8. The van der Waals surface area contributed by atoms with Crippen LogP contribution in [-0.4, -0.2) is 26.7 Å². The van der Waals surface area contributed by atoms with Crippen LogP contribution in [0.3, 0.4) is 0 Å². The maximum atomic E-state index is 13.2. The Morgan fingerprint density at radius 3 is 2.72 bits per heavy atom. The molecule has 0 saturated heterocycles. The fourth-order valence-electron chi connectivity index (χ4n) is 3.12. The molecule has 0 aromatic heterocycles. The smallest absolute Gasteiger partial charge is 0.263 e. The van der Waals surface area contributed by atoms with Gasteiger partial charge in [0.25, 0.3) is 10.0 Å². The molecule has 2 aromatic rings. The van der Waals surface area contributed by atoms with Crippen molar-refractivity contribution in [1.82, 2.24) is 10.0 Å². The first kappa shape index (κ1) is 21.0. The van der Waals surface area contributed by atoms with Crippen molar-refractivity contribution in [3.63, 3.8) is 0 Å². The van der Waals surface area contributed by atoms with E-state index in [2.05, 4.69) is 15.0 Å². The van der Waals surface area contributed by atoms with Crippen molar-refractivity contribution in [2.75, 3.05) is 6.54 Å². The molecule has 1 amide bonds. The maximum absolute atomic E-state index is 13.2. The minimum Gasteiger partial charge on any atom is -0.352 e. The molecular weight excluding hydrogens is 393 g/mol. The Labute approximate surface area is 170 Å².